The van der Waals surface area contributed by atoms with E-state index in [0.717, 1.165) is 5.69 Å². The minimum atomic E-state index is 0.118. The lowest BCUT2D eigenvalue weighted by atomic mass is 9.83. The highest BCUT2D eigenvalue weighted by molar-refractivity contribution is 5.77. The van der Waals surface area contributed by atoms with E-state index < -0.39 is 0 Å². The molecule has 1 nitrogen and oxygen atoms in total. The molecule has 0 radical (unpaired) electrons. The van der Waals surface area contributed by atoms with Crippen molar-refractivity contribution in [2.75, 3.05) is 12.4 Å². The zero-order chi connectivity index (χ0) is 10.8. The first-order valence-corrected chi connectivity index (χ1v) is 4.93. The standard InChI is InChI=1S/C13H19N/c1-10(13(2,3)4)11-8-6-7-9-12(11)14-5/h6-9,14H,1H2,2-5H3. The Bertz CT molecular complexity index is 331. The van der Waals surface area contributed by atoms with E-state index in [1.165, 1.54) is 11.1 Å². The number of nitrogens with one attached hydrogen (secondary N) is 1. The van der Waals surface area contributed by atoms with E-state index in [2.05, 4.69) is 44.8 Å². The molecule has 14 heavy (non-hydrogen) atoms. The molecule has 0 aliphatic heterocycles. The summed E-state index contributed by atoms with van der Waals surface area (Å²) in [5.41, 5.74) is 3.64. The Labute approximate surface area is 86.8 Å². The number of para-hydroxylation sites is 1. The average molecular weight is 189 g/mol. The second kappa shape index (κ2) is 3.87. The van der Waals surface area contributed by atoms with Crippen molar-refractivity contribution in [1.82, 2.24) is 0 Å². The highest BCUT2D eigenvalue weighted by Crippen LogP contribution is 2.35. The van der Waals surface area contributed by atoms with Gasteiger partial charge in [0, 0.05) is 18.3 Å². The lowest BCUT2D eigenvalue weighted by Gasteiger charge is -2.23. The van der Waals surface area contributed by atoms with Gasteiger partial charge in [0.15, 0.2) is 0 Å². The molecule has 76 valence electrons. The normalized spacial score (nSPS) is 11.1. The van der Waals surface area contributed by atoms with E-state index in [9.17, 15) is 0 Å². The van der Waals surface area contributed by atoms with E-state index in [4.69, 9.17) is 0 Å². The van der Waals surface area contributed by atoms with Gasteiger partial charge < -0.3 is 5.32 Å². The van der Waals surface area contributed by atoms with Gasteiger partial charge in [0.25, 0.3) is 0 Å². The third kappa shape index (κ3) is 2.16. The summed E-state index contributed by atoms with van der Waals surface area (Å²) in [5.74, 6) is 0. The molecule has 1 heteroatoms. The molecule has 0 amide bonds. The van der Waals surface area contributed by atoms with E-state index in [1.807, 2.05) is 19.2 Å². The summed E-state index contributed by atoms with van der Waals surface area (Å²) in [4.78, 5) is 0. The van der Waals surface area contributed by atoms with E-state index in [0.29, 0.717) is 0 Å². The summed E-state index contributed by atoms with van der Waals surface area (Å²) in [6.07, 6.45) is 0. The molecule has 0 aliphatic carbocycles. The Morgan fingerprint density at radius 3 is 2.29 bits per heavy atom. The van der Waals surface area contributed by atoms with Gasteiger partial charge in [-0.2, -0.15) is 0 Å². The van der Waals surface area contributed by atoms with Crippen molar-refractivity contribution in [3.63, 3.8) is 0 Å². The van der Waals surface area contributed by atoms with Crippen molar-refractivity contribution in [1.29, 1.82) is 0 Å². The molecule has 0 bridgehead atoms. The highest BCUT2D eigenvalue weighted by Gasteiger charge is 2.18. The molecule has 0 heterocycles. The molecular formula is C13H19N. The predicted octanol–water partition coefficient (Wildman–Crippen LogP) is 3.79. The van der Waals surface area contributed by atoms with Crippen LogP contribution in [0.2, 0.25) is 0 Å². The second-order valence-electron chi connectivity index (χ2n) is 4.52. The monoisotopic (exact) mass is 189 g/mol. The van der Waals surface area contributed by atoms with Crippen LogP contribution in [-0.4, -0.2) is 7.05 Å². The van der Waals surface area contributed by atoms with Gasteiger partial charge in [0.1, 0.15) is 0 Å². The first-order valence-electron chi connectivity index (χ1n) is 4.93. The molecule has 0 atom stereocenters. The van der Waals surface area contributed by atoms with Gasteiger partial charge in [0.2, 0.25) is 0 Å². The maximum Gasteiger partial charge on any atom is 0.0413 e. The lowest BCUT2D eigenvalue weighted by Crippen LogP contribution is -2.08. The van der Waals surface area contributed by atoms with Gasteiger partial charge >= 0.3 is 0 Å². The molecule has 0 fully saturated rings. The average Bonchev–Trinajstić information content (AvgIpc) is 2.15. The summed E-state index contributed by atoms with van der Waals surface area (Å²) in [7, 11) is 1.94. The molecule has 0 unspecified atom stereocenters. The molecule has 0 aromatic heterocycles. The number of benzene rings is 1. The predicted molar refractivity (Wildman–Crippen MR) is 64.5 cm³/mol. The van der Waals surface area contributed by atoms with Crippen LogP contribution in [0.5, 0.6) is 0 Å². The Hall–Kier alpha value is -1.24. The summed E-state index contributed by atoms with van der Waals surface area (Å²) in [5, 5.41) is 3.19. The van der Waals surface area contributed by atoms with Gasteiger partial charge in [-0.3, -0.25) is 0 Å². The number of hydrogen-bond acceptors (Lipinski definition) is 1. The fourth-order valence-electron chi connectivity index (χ4n) is 1.37. The highest BCUT2D eigenvalue weighted by atomic mass is 14.8. The zero-order valence-electron chi connectivity index (χ0n) is 9.52. The summed E-state index contributed by atoms with van der Waals surface area (Å²) in [6, 6.07) is 8.27. The SMILES string of the molecule is C=C(c1ccccc1NC)C(C)(C)C. The topological polar surface area (TPSA) is 12.0 Å². The van der Waals surface area contributed by atoms with Crippen LogP contribution in [0.15, 0.2) is 30.8 Å². The van der Waals surface area contributed by atoms with Gasteiger partial charge in [-0.15, -0.1) is 0 Å². The molecule has 1 N–H and O–H groups in total. The molecule has 0 saturated carbocycles. The van der Waals surface area contributed by atoms with Crippen LogP contribution in [0.25, 0.3) is 5.57 Å². The molecule has 0 spiro atoms. The van der Waals surface area contributed by atoms with Crippen molar-refractivity contribution in [3.8, 4) is 0 Å². The first kappa shape index (κ1) is 10.8. The Morgan fingerprint density at radius 1 is 1.21 bits per heavy atom. The van der Waals surface area contributed by atoms with Crippen LogP contribution in [0, 0.1) is 5.41 Å². The third-order valence-electron chi connectivity index (χ3n) is 2.43. The fraction of sp³-hybridized carbons (Fsp3) is 0.385. The largest absolute Gasteiger partial charge is 0.388 e. The Morgan fingerprint density at radius 2 is 1.79 bits per heavy atom. The molecular weight excluding hydrogens is 170 g/mol. The molecule has 1 aromatic rings. The Kier molecular flexibility index (Phi) is 3.00. The third-order valence-corrected chi connectivity index (χ3v) is 2.43. The summed E-state index contributed by atoms with van der Waals surface area (Å²) in [6.45, 7) is 10.7. The van der Waals surface area contributed by atoms with Gasteiger partial charge in [-0.25, -0.2) is 0 Å². The number of rotatable bonds is 2. The van der Waals surface area contributed by atoms with Gasteiger partial charge in [-0.05, 0) is 17.1 Å². The lowest BCUT2D eigenvalue weighted by molar-refractivity contribution is 0.568. The van der Waals surface area contributed by atoms with Crippen molar-refractivity contribution >= 4 is 11.3 Å². The van der Waals surface area contributed by atoms with Crippen molar-refractivity contribution in [3.05, 3.63) is 36.4 Å². The molecule has 1 rings (SSSR count). The number of anilines is 1. The van der Waals surface area contributed by atoms with Gasteiger partial charge in [0.05, 0.1) is 0 Å². The van der Waals surface area contributed by atoms with Crippen molar-refractivity contribution in [2.45, 2.75) is 20.8 Å². The van der Waals surface area contributed by atoms with Crippen molar-refractivity contribution < 1.29 is 0 Å². The van der Waals surface area contributed by atoms with E-state index >= 15 is 0 Å². The second-order valence-corrected chi connectivity index (χ2v) is 4.52. The maximum atomic E-state index is 4.16. The minimum absolute atomic E-state index is 0.118. The van der Waals surface area contributed by atoms with Crippen LogP contribution in [0.4, 0.5) is 5.69 Å². The fourth-order valence-corrected chi connectivity index (χ4v) is 1.37. The van der Waals surface area contributed by atoms with Crippen LogP contribution in [0.3, 0.4) is 0 Å². The summed E-state index contributed by atoms with van der Waals surface area (Å²) >= 11 is 0. The van der Waals surface area contributed by atoms with Crippen LogP contribution in [0.1, 0.15) is 26.3 Å². The van der Waals surface area contributed by atoms with E-state index in [-0.39, 0.29) is 5.41 Å². The molecule has 0 saturated heterocycles. The minimum Gasteiger partial charge on any atom is -0.388 e. The van der Waals surface area contributed by atoms with Crippen LogP contribution in [-0.2, 0) is 0 Å². The smallest absolute Gasteiger partial charge is 0.0413 e. The molecule has 1 aromatic carbocycles. The quantitative estimate of drug-likeness (QED) is 0.746. The van der Waals surface area contributed by atoms with Crippen molar-refractivity contribution in [2.24, 2.45) is 5.41 Å². The maximum absolute atomic E-state index is 4.16. The van der Waals surface area contributed by atoms with Gasteiger partial charge in [-0.1, -0.05) is 45.5 Å². The number of hydrogen-bond donors (Lipinski definition) is 1. The van der Waals surface area contributed by atoms with E-state index in [1.54, 1.807) is 0 Å². The van der Waals surface area contributed by atoms with Crippen LogP contribution >= 0.6 is 0 Å². The number of allylic oxidation sites excluding steroid dienone is 1. The molecule has 0 aliphatic rings. The van der Waals surface area contributed by atoms with Crippen LogP contribution < -0.4 is 5.32 Å². The Balaban J connectivity index is 3.13. The first-order chi connectivity index (χ1) is 6.46. The summed E-state index contributed by atoms with van der Waals surface area (Å²) < 4.78 is 0. The zero-order valence-corrected chi connectivity index (χ0v) is 9.52.